The van der Waals surface area contributed by atoms with E-state index in [0.29, 0.717) is 19.6 Å². The zero-order valence-electron chi connectivity index (χ0n) is 13.1. The van der Waals surface area contributed by atoms with Crippen molar-refractivity contribution < 1.29 is 40.9 Å². The van der Waals surface area contributed by atoms with Gasteiger partial charge in [0.25, 0.3) is 0 Å². The number of aliphatic hydroxyl groups is 8. The Balaban J connectivity index is -0.000000261. The van der Waals surface area contributed by atoms with Gasteiger partial charge in [0.05, 0.1) is 33.0 Å². The van der Waals surface area contributed by atoms with Crippen LogP contribution in [0.3, 0.4) is 0 Å². The van der Waals surface area contributed by atoms with E-state index in [1.54, 1.807) is 4.90 Å². The fourth-order valence-electron chi connectivity index (χ4n) is 1.04. The van der Waals surface area contributed by atoms with Crippen LogP contribution in [0.25, 0.3) is 0 Å². The Morgan fingerprint density at radius 2 is 0.864 bits per heavy atom. The molecule has 0 saturated carbocycles. The summed E-state index contributed by atoms with van der Waals surface area (Å²) >= 11 is 0. The molecule has 0 rings (SSSR count). The molecule has 0 amide bonds. The lowest BCUT2D eigenvalue weighted by Gasteiger charge is -2.17. The lowest BCUT2D eigenvalue weighted by Crippen LogP contribution is -2.32. The summed E-state index contributed by atoms with van der Waals surface area (Å²) in [5.74, 6) is 0. The van der Waals surface area contributed by atoms with Crippen molar-refractivity contribution in [2.75, 3.05) is 65.9 Å². The molecule has 0 aromatic carbocycles. The summed E-state index contributed by atoms with van der Waals surface area (Å²) in [5, 5.41) is 65.6. The van der Waals surface area contributed by atoms with Gasteiger partial charge >= 0.3 is 0 Å². The summed E-state index contributed by atoms with van der Waals surface area (Å²) in [5.41, 5.74) is 0. The first-order chi connectivity index (χ1) is 10.6. The third-order valence-corrected chi connectivity index (χ3v) is 2.24. The Hall–Kier alpha value is -0.360. The fourth-order valence-corrected chi connectivity index (χ4v) is 1.04. The minimum absolute atomic E-state index is 0.0694. The number of aliphatic hydroxyl groups excluding tert-OH is 8. The van der Waals surface area contributed by atoms with Crippen LogP contribution in [0.2, 0.25) is 0 Å². The molecule has 0 aromatic rings. The molecular formula is C13H33NO8. The van der Waals surface area contributed by atoms with Gasteiger partial charge in [-0.05, 0) is 12.8 Å². The van der Waals surface area contributed by atoms with Gasteiger partial charge in [-0.2, -0.15) is 0 Å². The van der Waals surface area contributed by atoms with Crippen LogP contribution in [0.1, 0.15) is 12.8 Å². The van der Waals surface area contributed by atoms with Gasteiger partial charge in [0.15, 0.2) is 0 Å². The van der Waals surface area contributed by atoms with Gasteiger partial charge in [-0.1, -0.05) is 0 Å². The van der Waals surface area contributed by atoms with Gasteiger partial charge in [0.2, 0.25) is 0 Å². The zero-order chi connectivity index (χ0) is 17.6. The molecular weight excluding hydrogens is 298 g/mol. The van der Waals surface area contributed by atoms with Crippen molar-refractivity contribution in [2.45, 2.75) is 18.9 Å². The second kappa shape index (κ2) is 25.6. The molecule has 9 nitrogen and oxygen atoms in total. The van der Waals surface area contributed by atoms with Crippen molar-refractivity contribution in [3.63, 3.8) is 0 Å². The predicted octanol–water partition coefficient (Wildman–Crippen LogP) is -3.65. The van der Waals surface area contributed by atoms with E-state index in [-0.39, 0.29) is 46.2 Å². The zero-order valence-corrected chi connectivity index (χ0v) is 13.1. The van der Waals surface area contributed by atoms with Crippen LogP contribution in [-0.2, 0) is 0 Å². The van der Waals surface area contributed by atoms with Crippen LogP contribution in [0.15, 0.2) is 0 Å². The molecule has 0 fully saturated rings. The second-order valence-corrected chi connectivity index (χ2v) is 4.19. The lowest BCUT2D eigenvalue weighted by molar-refractivity contribution is 0.0450. The molecule has 9 heteroatoms. The van der Waals surface area contributed by atoms with Gasteiger partial charge in [-0.3, -0.25) is 4.90 Å². The maximum absolute atomic E-state index is 8.48. The molecule has 0 saturated heterocycles. The smallest absolute Gasteiger partial charge is 0.100 e. The normalized spacial score (nSPS) is 10.1. The molecule has 0 aliphatic carbocycles. The third-order valence-electron chi connectivity index (χ3n) is 2.24. The topological polar surface area (TPSA) is 165 Å². The Morgan fingerprint density at radius 1 is 0.545 bits per heavy atom. The first-order valence-corrected chi connectivity index (χ1v) is 7.24. The van der Waals surface area contributed by atoms with E-state index in [1.165, 1.54) is 0 Å². The van der Waals surface area contributed by atoms with Crippen molar-refractivity contribution in [1.82, 2.24) is 4.90 Å². The monoisotopic (exact) mass is 331 g/mol. The summed E-state index contributed by atoms with van der Waals surface area (Å²) in [7, 11) is 0. The molecule has 0 bridgehead atoms. The highest BCUT2D eigenvalue weighted by Crippen LogP contribution is 1.84. The van der Waals surface area contributed by atoms with E-state index >= 15 is 0 Å². The van der Waals surface area contributed by atoms with Crippen LogP contribution in [-0.4, -0.2) is 118 Å². The standard InChI is InChI=1S/C6H15NO3.C4H10O2.C3H8O3/c8-4-1-7(2-5-9)3-6-10;5-3-1-2-4-6;4-1-3(6)2-5/h8-10H,1-6H2;5-6H,1-4H2;3-6H,1-2H2. The summed E-state index contributed by atoms with van der Waals surface area (Å²) in [6.45, 7) is 1.41. The van der Waals surface area contributed by atoms with Crippen LogP contribution in [0.4, 0.5) is 0 Å². The molecule has 0 aliphatic rings. The van der Waals surface area contributed by atoms with Crippen molar-refractivity contribution in [1.29, 1.82) is 0 Å². The second-order valence-electron chi connectivity index (χ2n) is 4.19. The van der Waals surface area contributed by atoms with E-state index in [0.717, 1.165) is 12.8 Å². The average molecular weight is 331 g/mol. The Labute approximate surface area is 131 Å². The summed E-state index contributed by atoms with van der Waals surface area (Å²) < 4.78 is 0. The Kier molecular flexibility index (Phi) is 30.9. The van der Waals surface area contributed by atoms with E-state index in [1.807, 2.05) is 0 Å². The fraction of sp³-hybridized carbons (Fsp3) is 1.00. The summed E-state index contributed by atoms with van der Waals surface area (Å²) in [4.78, 5) is 1.79. The van der Waals surface area contributed by atoms with E-state index in [2.05, 4.69) is 0 Å². The molecule has 0 aromatic heterocycles. The van der Waals surface area contributed by atoms with E-state index in [9.17, 15) is 0 Å². The van der Waals surface area contributed by atoms with Gasteiger partial charge in [0.1, 0.15) is 6.10 Å². The number of hydrogen-bond donors (Lipinski definition) is 8. The Morgan fingerprint density at radius 3 is 1.00 bits per heavy atom. The van der Waals surface area contributed by atoms with E-state index < -0.39 is 6.10 Å². The van der Waals surface area contributed by atoms with Gasteiger partial charge < -0.3 is 40.9 Å². The molecule has 0 unspecified atom stereocenters. The van der Waals surface area contributed by atoms with Crippen LogP contribution in [0, 0.1) is 0 Å². The van der Waals surface area contributed by atoms with Gasteiger partial charge in [-0.25, -0.2) is 0 Å². The highest BCUT2D eigenvalue weighted by molar-refractivity contribution is 4.54. The highest BCUT2D eigenvalue weighted by atomic mass is 16.3. The van der Waals surface area contributed by atoms with Crippen LogP contribution < -0.4 is 0 Å². The number of nitrogens with zero attached hydrogens (tertiary/aromatic N) is 1. The molecule has 0 spiro atoms. The number of hydrogen-bond acceptors (Lipinski definition) is 9. The largest absolute Gasteiger partial charge is 0.396 e. The quantitative estimate of drug-likeness (QED) is 0.178. The maximum atomic E-state index is 8.48. The SMILES string of the molecule is OCC(O)CO.OCCCCO.OCCN(CCO)CCO. The maximum Gasteiger partial charge on any atom is 0.100 e. The summed E-state index contributed by atoms with van der Waals surface area (Å²) in [6.07, 6.45) is 0.484. The average Bonchev–Trinajstić information content (AvgIpc) is 2.54. The molecule has 22 heavy (non-hydrogen) atoms. The highest BCUT2D eigenvalue weighted by Gasteiger charge is 2.00. The first kappa shape index (κ1) is 26.5. The minimum Gasteiger partial charge on any atom is -0.396 e. The molecule has 0 atom stereocenters. The Bertz CT molecular complexity index is 154. The molecule has 8 N–H and O–H groups in total. The van der Waals surface area contributed by atoms with E-state index in [4.69, 9.17) is 40.9 Å². The lowest BCUT2D eigenvalue weighted by atomic mass is 10.3. The number of rotatable bonds is 11. The molecule has 138 valence electrons. The van der Waals surface area contributed by atoms with Crippen molar-refractivity contribution in [2.24, 2.45) is 0 Å². The summed E-state index contributed by atoms with van der Waals surface area (Å²) in [6, 6.07) is 0. The van der Waals surface area contributed by atoms with Gasteiger partial charge in [-0.15, -0.1) is 0 Å². The minimum atomic E-state index is -0.954. The third kappa shape index (κ3) is 27.9. The first-order valence-electron chi connectivity index (χ1n) is 7.24. The van der Waals surface area contributed by atoms with Crippen LogP contribution >= 0.6 is 0 Å². The van der Waals surface area contributed by atoms with Crippen molar-refractivity contribution in [3.05, 3.63) is 0 Å². The van der Waals surface area contributed by atoms with Crippen molar-refractivity contribution >= 4 is 0 Å². The predicted molar refractivity (Wildman–Crippen MR) is 81.3 cm³/mol. The number of unbranched alkanes of at least 4 members (excludes halogenated alkanes) is 1. The van der Waals surface area contributed by atoms with Gasteiger partial charge in [0, 0.05) is 32.8 Å². The molecule has 0 aliphatic heterocycles. The molecule has 0 heterocycles. The molecule has 0 radical (unpaired) electrons. The van der Waals surface area contributed by atoms with Crippen molar-refractivity contribution in [3.8, 4) is 0 Å². The van der Waals surface area contributed by atoms with Crippen LogP contribution in [0.5, 0.6) is 0 Å².